The van der Waals surface area contributed by atoms with Gasteiger partial charge in [0.1, 0.15) is 31.2 Å². The van der Waals surface area contributed by atoms with Gasteiger partial charge in [-0.25, -0.2) is 19.7 Å². The van der Waals surface area contributed by atoms with Crippen LogP contribution >= 0.6 is 0 Å². The van der Waals surface area contributed by atoms with Gasteiger partial charge in [0.05, 0.1) is 37.7 Å². The molecule has 13 heteroatoms. The van der Waals surface area contributed by atoms with Crippen LogP contribution in [0.4, 0.5) is 10.6 Å². The van der Waals surface area contributed by atoms with Crippen molar-refractivity contribution < 1.29 is 34.0 Å². The largest absolute Gasteiger partial charge is 0.447 e. The zero-order valence-electron chi connectivity index (χ0n) is 22.0. The summed E-state index contributed by atoms with van der Waals surface area (Å²) in [5.41, 5.74) is 2.03. The predicted molar refractivity (Wildman–Crippen MR) is 141 cm³/mol. The molecule has 0 radical (unpaired) electrons. The highest BCUT2D eigenvalue weighted by molar-refractivity contribution is 5.82. The van der Waals surface area contributed by atoms with Crippen LogP contribution in [0.2, 0.25) is 0 Å². The number of imidazole rings is 1. The molecule has 0 spiro atoms. The molecule has 214 valence electrons. The molecule has 13 nitrogen and oxygen atoms in total. The molecule has 40 heavy (non-hydrogen) atoms. The monoisotopic (exact) mass is 554 g/mol. The second kappa shape index (κ2) is 12.0. The van der Waals surface area contributed by atoms with Gasteiger partial charge in [0, 0.05) is 6.61 Å². The number of rotatable bonds is 9. The number of nitrogens with one attached hydrogen (secondary N) is 2. The molecular weight excluding hydrogens is 520 g/mol. The first kappa shape index (κ1) is 26.8. The molecule has 1 saturated carbocycles. The summed E-state index contributed by atoms with van der Waals surface area (Å²) in [7, 11) is 0. The van der Waals surface area contributed by atoms with Crippen LogP contribution in [0.25, 0.3) is 11.2 Å². The van der Waals surface area contributed by atoms with E-state index in [0.717, 1.165) is 31.2 Å². The molecule has 2 aromatic heterocycles. The maximum Gasteiger partial charge on any atom is 0.407 e. The molecule has 3 aromatic rings. The summed E-state index contributed by atoms with van der Waals surface area (Å²) < 4.78 is 24.3. The highest BCUT2D eigenvalue weighted by Crippen LogP contribution is 2.33. The van der Waals surface area contributed by atoms with Crippen LogP contribution in [0.1, 0.15) is 37.5 Å². The Kier molecular flexibility index (Phi) is 8.07. The summed E-state index contributed by atoms with van der Waals surface area (Å²) >= 11 is 0. The molecule has 0 bridgehead atoms. The van der Waals surface area contributed by atoms with Gasteiger partial charge in [-0.3, -0.25) is 4.57 Å². The van der Waals surface area contributed by atoms with E-state index in [1.807, 2.05) is 30.3 Å². The topological polar surface area (TPSA) is 162 Å². The lowest BCUT2D eigenvalue weighted by molar-refractivity contribution is -0.0540. The first-order valence-corrected chi connectivity index (χ1v) is 13.7. The number of benzene rings is 1. The summed E-state index contributed by atoms with van der Waals surface area (Å²) in [5, 5.41) is 27.6. The number of aliphatic hydroxyl groups is 2. The van der Waals surface area contributed by atoms with Crippen LogP contribution in [0.3, 0.4) is 0 Å². The molecule has 1 aliphatic carbocycles. The Labute approximate surface area is 230 Å². The molecule has 7 atom stereocenters. The fourth-order valence-electron chi connectivity index (χ4n) is 5.50. The van der Waals surface area contributed by atoms with E-state index in [1.54, 1.807) is 4.57 Å². The first-order valence-electron chi connectivity index (χ1n) is 13.7. The second-order valence-electron chi connectivity index (χ2n) is 10.4. The Bertz CT molecular complexity index is 1290. The predicted octanol–water partition coefficient (Wildman–Crippen LogP) is 1.51. The van der Waals surface area contributed by atoms with Crippen LogP contribution in [0.5, 0.6) is 0 Å². The SMILES string of the molecule is O=C(N[C@@H]1CCC[C@H]1OCc1ccccc1)OC[C@H]1OC(n2cnc3c(NC4CCOC4)ncnc32)C(O)[C@@H]1O. The van der Waals surface area contributed by atoms with Crippen molar-refractivity contribution in [3.63, 3.8) is 0 Å². The third-order valence-corrected chi connectivity index (χ3v) is 7.68. The van der Waals surface area contributed by atoms with Gasteiger partial charge < -0.3 is 39.8 Å². The van der Waals surface area contributed by atoms with Gasteiger partial charge in [-0.2, -0.15) is 0 Å². The van der Waals surface area contributed by atoms with Gasteiger partial charge >= 0.3 is 6.09 Å². The summed E-state index contributed by atoms with van der Waals surface area (Å²) in [4.78, 5) is 25.6. The summed E-state index contributed by atoms with van der Waals surface area (Å²) in [6.45, 7) is 1.50. The van der Waals surface area contributed by atoms with Gasteiger partial charge in [-0.05, 0) is 31.2 Å². The summed E-state index contributed by atoms with van der Waals surface area (Å²) in [5.74, 6) is 0.557. The van der Waals surface area contributed by atoms with Gasteiger partial charge in [0.2, 0.25) is 0 Å². The normalized spacial score (nSPS) is 30.1. The minimum absolute atomic E-state index is 0.107. The average Bonchev–Trinajstić information content (AvgIpc) is 3.77. The average molecular weight is 555 g/mol. The highest BCUT2D eigenvalue weighted by Gasteiger charge is 2.45. The number of alkyl carbamates (subject to hydrolysis) is 1. The third kappa shape index (κ3) is 5.74. The lowest BCUT2D eigenvalue weighted by Crippen LogP contribution is -2.43. The van der Waals surface area contributed by atoms with Gasteiger partial charge in [-0.1, -0.05) is 30.3 Å². The molecule has 2 aliphatic heterocycles. The quantitative estimate of drug-likeness (QED) is 0.303. The number of hydrogen-bond acceptors (Lipinski definition) is 11. The number of fused-ring (bicyclic) bond motifs is 1. The molecular formula is C27H34N6O7. The standard InChI is InChI=1S/C27H34N6O7/c34-22-20(13-39-27(36)32-18-7-4-8-19(18)38-11-16-5-2-1-3-6-16)40-26(23(22)35)33-15-30-21-24(28-14-29-25(21)33)31-17-9-10-37-12-17/h1-3,5-6,14-15,17-20,22-23,26,34-35H,4,7-13H2,(H,32,36)(H,28,29,31)/t17?,18-,19-,20-,22-,23?,26?/m1/s1. The third-order valence-electron chi connectivity index (χ3n) is 7.68. The lowest BCUT2D eigenvalue weighted by atomic mass is 10.1. The van der Waals surface area contributed by atoms with E-state index in [-0.39, 0.29) is 24.8 Å². The Hall–Kier alpha value is -3.36. The van der Waals surface area contributed by atoms with E-state index in [1.165, 1.54) is 12.7 Å². The number of nitrogens with zero attached hydrogens (tertiary/aromatic N) is 4. The summed E-state index contributed by atoms with van der Waals surface area (Å²) in [6.07, 6.45) is 1.13. The minimum Gasteiger partial charge on any atom is -0.447 e. The number of hydrogen-bond donors (Lipinski definition) is 4. The van der Waals surface area contributed by atoms with Crippen LogP contribution in [0.15, 0.2) is 43.0 Å². The minimum atomic E-state index is -1.28. The van der Waals surface area contributed by atoms with Gasteiger partial charge in [0.15, 0.2) is 23.2 Å². The molecule has 6 rings (SSSR count). The van der Waals surface area contributed by atoms with Crippen molar-refractivity contribution in [1.29, 1.82) is 0 Å². The maximum absolute atomic E-state index is 12.6. The Balaban J connectivity index is 1.03. The van der Waals surface area contributed by atoms with E-state index >= 15 is 0 Å². The van der Waals surface area contributed by atoms with E-state index in [9.17, 15) is 15.0 Å². The number of amides is 1. The lowest BCUT2D eigenvalue weighted by Gasteiger charge is -2.22. The van der Waals surface area contributed by atoms with Gasteiger partial charge in [0.25, 0.3) is 0 Å². The van der Waals surface area contributed by atoms with Crippen molar-refractivity contribution in [2.24, 2.45) is 0 Å². The molecule has 1 amide bonds. The van der Waals surface area contributed by atoms with Crippen molar-refractivity contribution >= 4 is 23.1 Å². The van der Waals surface area contributed by atoms with Crippen molar-refractivity contribution in [2.75, 3.05) is 25.1 Å². The second-order valence-corrected chi connectivity index (χ2v) is 10.4. The molecule has 4 N–H and O–H groups in total. The molecule has 3 fully saturated rings. The maximum atomic E-state index is 12.6. The van der Waals surface area contributed by atoms with Crippen LogP contribution in [0, 0.1) is 0 Å². The number of aromatic nitrogens is 4. The number of carbonyl (C=O) groups is 1. The van der Waals surface area contributed by atoms with E-state index in [0.29, 0.717) is 36.8 Å². The van der Waals surface area contributed by atoms with Crippen LogP contribution in [-0.2, 0) is 25.6 Å². The number of carbonyl (C=O) groups excluding carboxylic acids is 1. The van der Waals surface area contributed by atoms with E-state index < -0.39 is 30.6 Å². The fraction of sp³-hybridized carbons (Fsp3) is 0.556. The van der Waals surface area contributed by atoms with E-state index in [4.69, 9.17) is 18.9 Å². The van der Waals surface area contributed by atoms with Crippen molar-refractivity contribution in [3.8, 4) is 0 Å². The Morgan fingerprint density at radius 3 is 2.80 bits per heavy atom. The van der Waals surface area contributed by atoms with Gasteiger partial charge in [-0.15, -0.1) is 0 Å². The number of anilines is 1. The zero-order valence-corrected chi connectivity index (χ0v) is 22.0. The molecule has 3 aliphatic rings. The van der Waals surface area contributed by atoms with Crippen molar-refractivity contribution in [2.45, 2.75) is 75.0 Å². The smallest absolute Gasteiger partial charge is 0.407 e. The molecule has 1 aromatic carbocycles. The zero-order chi connectivity index (χ0) is 27.5. The van der Waals surface area contributed by atoms with Crippen molar-refractivity contribution in [1.82, 2.24) is 24.8 Å². The summed E-state index contributed by atoms with van der Waals surface area (Å²) in [6, 6.07) is 9.85. The number of ether oxygens (including phenoxy) is 4. The van der Waals surface area contributed by atoms with Crippen molar-refractivity contribution in [3.05, 3.63) is 48.5 Å². The van der Waals surface area contributed by atoms with Crippen LogP contribution in [-0.4, -0.2) is 92.1 Å². The fourth-order valence-corrected chi connectivity index (χ4v) is 5.50. The Morgan fingerprint density at radius 1 is 1.10 bits per heavy atom. The molecule has 2 saturated heterocycles. The number of aliphatic hydroxyl groups excluding tert-OH is 2. The highest BCUT2D eigenvalue weighted by atomic mass is 16.6. The first-order chi connectivity index (χ1) is 19.6. The van der Waals surface area contributed by atoms with E-state index in [2.05, 4.69) is 25.6 Å². The van der Waals surface area contributed by atoms with Crippen LogP contribution < -0.4 is 10.6 Å². The Morgan fingerprint density at radius 2 is 1.98 bits per heavy atom. The molecule has 4 heterocycles. The molecule has 3 unspecified atom stereocenters.